The molecule has 2 heteroatoms. The smallest absolute Gasteiger partial charge is 0.0998 e. The van der Waals surface area contributed by atoms with Crippen LogP contribution in [0.2, 0.25) is 0 Å². The summed E-state index contributed by atoms with van der Waals surface area (Å²) in [6.07, 6.45) is 1.98. The third-order valence-electron chi connectivity index (χ3n) is 4.44. The number of rotatable bonds is 3. The molecule has 0 aliphatic rings. The van der Waals surface area contributed by atoms with E-state index >= 15 is 0 Å². The lowest BCUT2D eigenvalue weighted by Crippen LogP contribution is -2.00. The van der Waals surface area contributed by atoms with Crippen molar-refractivity contribution in [2.24, 2.45) is 0 Å². The van der Waals surface area contributed by atoms with Gasteiger partial charge >= 0.3 is 0 Å². The van der Waals surface area contributed by atoms with Gasteiger partial charge in [-0.25, -0.2) is 0 Å². The molecule has 0 spiro atoms. The molecule has 0 aliphatic heterocycles. The Labute approximate surface area is 149 Å². The summed E-state index contributed by atoms with van der Waals surface area (Å²) in [7, 11) is 0. The highest BCUT2D eigenvalue weighted by atomic mass is 15.0. The van der Waals surface area contributed by atoms with E-state index in [1.54, 1.807) is 0 Å². The van der Waals surface area contributed by atoms with Crippen molar-refractivity contribution >= 4 is 11.6 Å². The summed E-state index contributed by atoms with van der Waals surface area (Å²) < 4.78 is 2.26. The lowest BCUT2D eigenvalue weighted by Gasteiger charge is -2.12. The Bertz CT molecular complexity index is 963. The minimum absolute atomic E-state index is 0.682. The molecule has 0 saturated heterocycles. The van der Waals surface area contributed by atoms with Gasteiger partial charge in [-0.2, -0.15) is 5.26 Å². The molecule has 0 fully saturated rings. The molecule has 0 N–H and O–H groups in total. The van der Waals surface area contributed by atoms with E-state index in [0.29, 0.717) is 5.57 Å². The van der Waals surface area contributed by atoms with Gasteiger partial charge in [-0.05, 0) is 74.2 Å². The first kappa shape index (κ1) is 16.8. The number of allylic oxidation sites excluding steroid dienone is 1. The second-order valence-electron chi connectivity index (χ2n) is 6.54. The molecule has 1 heterocycles. The molecule has 0 radical (unpaired) electrons. The molecular formula is C23H22N2. The van der Waals surface area contributed by atoms with E-state index in [9.17, 15) is 5.26 Å². The van der Waals surface area contributed by atoms with E-state index in [1.807, 2.05) is 36.4 Å². The summed E-state index contributed by atoms with van der Waals surface area (Å²) in [5.41, 5.74) is 8.69. The third kappa shape index (κ3) is 3.41. The fraction of sp³-hybridized carbons (Fsp3) is 0.174. The predicted molar refractivity (Wildman–Crippen MR) is 105 cm³/mol. The summed E-state index contributed by atoms with van der Waals surface area (Å²) in [5.74, 6) is 0. The zero-order valence-corrected chi connectivity index (χ0v) is 15.2. The zero-order chi connectivity index (χ0) is 18.0. The topological polar surface area (TPSA) is 28.7 Å². The van der Waals surface area contributed by atoms with Crippen LogP contribution in [0, 0.1) is 39.0 Å². The first-order valence-corrected chi connectivity index (χ1v) is 8.44. The predicted octanol–water partition coefficient (Wildman–Crippen LogP) is 5.78. The van der Waals surface area contributed by atoms with Crippen LogP contribution >= 0.6 is 0 Å². The molecule has 3 rings (SSSR count). The Morgan fingerprint density at radius 3 is 2.16 bits per heavy atom. The highest BCUT2D eigenvalue weighted by molar-refractivity contribution is 5.90. The number of nitrogens with zero attached hydrogens (tertiary/aromatic N) is 2. The minimum Gasteiger partial charge on any atom is -0.318 e. The summed E-state index contributed by atoms with van der Waals surface area (Å²) in [6.45, 7) is 8.45. The average molecular weight is 326 g/mol. The summed E-state index contributed by atoms with van der Waals surface area (Å²) in [6, 6.07) is 20.9. The monoisotopic (exact) mass is 326 g/mol. The normalized spacial score (nSPS) is 11.4. The van der Waals surface area contributed by atoms with E-state index in [2.05, 4.69) is 62.6 Å². The number of aromatic nitrogens is 1. The highest BCUT2D eigenvalue weighted by Gasteiger charge is 2.11. The van der Waals surface area contributed by atoms with E-state index in [4.69, 9.17) is 0 Å². The lowest BCUT2D eigenvalue weighted by molar-refractivity contribution is 0.960. The number of hydrogen-bond acceptors (Lipinski definition) is 1. The van der Waals surface area contributed by atoms with Crippen LogP contribution in [-0.4, -0.2) is 4.57 Å². The van der Waals surface area contributed by atoms with Crippen LogP contribution in [-0.2, 0) is 0 Å². The van der Waals surface area contributed by atoms with E-state index < -0.39 is 0 Å². The second kappa shape index (κ2) is 6.83. The Balaban J connectivity index is 2.11. The van der Waals surface area contributed by atoms with Crippen molar-refractivity contribution in [3.05, 3.63) is 88.2 Å². The molecule has 0 amide bonds. The maximum Gasteiger partial charge on any atom is 0.0998 e. The molecule has 1 aromatic heterocycles. The van der Waals surface area contributed by atoms with Gasteiger partial charge in [-0.15, -0.1) is 0 Å². The van der Waals surface area contributed by atoms with E-state index in [-0.39, 0.29) is 0 Å². The summed E-state index contributed by atoms with van der Waals surface area (Å²) in [4.78, 5) is 0. The van der Waals surface area contributed by atoms with Crippen LogP contribution in [0.3, 0.4) is 0 Å². The molecule has 3 aromatic rings. The molecule has 2 nitrogen and oxygen atoms in total. The van der Waals surface area contributed by atoms with Gasteiger partial charge in [0.15, 0.2) is 0 Å². The SMILES string of the molecule is Cc1cc(C)cc(-n2c(C)cc(/C=C(\C#N)c3ccccc3)c2C)c1. The van der Waals surface area contributed by atoms with Crippen molar-refractivity contribution in [2.45, 2.75) is 27.7 Å². The van der Waals surface area contributed by atoms with E-state index in [0.717, 1.165) is 16.8 Å². The number of aryl methyl sites for hydroxylation is 3. The molecule has 0 unspecified atom stereocenters. The van der Waals surface area contributed by atoms with E-state index in [1.165, 1.54) is 22.5 Å². The molecular weight excluding hydrogens is 304 g/mol. The number of hydrogen-bond donors (Lipinski definition) is 0. The van der Waals surface area contributed by atoms with Gasteiger partial charge in [0.25, 0.3) is 0 Å². The molecule has 0 saturated carbocycles. The Morgan fingerprint density at radius 2 is 1.56 bits per heavy atom. The third-order valence-corrected chi connectivity index (χ3v) is 4.44. The maximum absolute atomic E-state index is 9.57. The fourth-order valence-electron chi connectivity index (χ4n) is 3.36. The van der Waals surface area contributed by atoms with Crippen LogP contribution in [0.1, 0.15) is 33.6 Å². The fourth-order valence-corrected chi connectivity index (χ4v) is 3.36. The van der Waals surface area contributed by atoms with Crippen molar-refractivity contribution in [3.63, 3.8) is 0 Å². The van der Waals surface area contributed by atoms with Crippen LogP contribution < -0.4 is 0 Å². The van der Waals surface area contributed by atoms with Crippen molar-refractivity contribution in [1.29, 1.82) is 5.26 Å². The molecule has 2 aromatic carbocycles. The van der Waals surface area contributed by atoms with Crippen molar-refractivity contribution in [2.75, 3.05) is 0 Å². The standard InChI is InChI=1S/C23H22N2/c1-16-10-17(2)12-23(11-16)25-18(3)13-21(19(25)4)14-22(15-24)20-8-6-5-7-9-20/h5-14H,1-4H3/b22-14+. The first-order chi connectivity index (χ1) is 12.0. The molecule has 25 heavy (non-hydrogen) atoms. The lowest BCUT2D eigenvalue weighted by atomic mass is 10.0. The molecule has 0 bridgehead atoms. The Hall–Kier alpha value is -3.05. The Morgan fingerprint density at radius 1 is 0.920 bits per heavy atom. The maximum atomic E-state index is 9.57. The van der Waals surface area contributed by atoms with Gasteiger partial charge < -0.3 is 4.57 Å². The second-order valence-corrected chi connectivity index (χ2v) is 6.54. The molecule has 124 valence electrons. The van der Waals surface area contributed by atoms with Gasteiger partial charge in [0.1, 0.15) is 0 Å². The summed E-state index contributed by atoms with van der Waals surface area (Å²) >= 11 is 0. The highest BCUT2D eigenvalue weighted by Crippen LogP contribution is 2.26. The Kier molecular flexibility index (Phi) is 4.59. The number of benzene rings is 2. The summed E-state index contributed by atoms with van der Waals surface area (Å²) in [5, 5.41) is 9.57. The van der Waals surface area contributed by atoms with Crippen molar-refractivity contribution < 1.29 is 0 Å². The molecule has 0 atom stereocenters. The van der Waals surface area contributed by atoms with Crippen LogP contribution in [0.25, 0.3) is 17.3 Å². The van der Waals surface area contributed by atoms with Crippen LogP contribution in [0.15, 0.2) is 54.6 Å². The van der Waals surface area contributed by atoms with Gasteiger partial charge in [-0.3, -0.25) is 0 Å². The molecule has 0 aliphatic carbocycles. The minimum atomic E-state index is 0.682. The number of nitriles is 1. The largest absolute Gasteiger partial charge is 0.318 e. The zero-order valence-electron chi connectivity index (χ0n) is 15.2. The quantitative estimate of drug-likeness (QED) is 0.561. The average Bonchev–Trinajstić information content (AvgIpc) is 2.86. The van der Waals surface area contributed by atoms with Crippen LogP contribution in [0.5, 0.6) is 0 Å². The van der Waals surface area contributed by atoms with Crippen LogP contribution in [0.4, 0.5) is 0 Å². The first-order valence-electron chi connectivity index (χ1n) is 8.44. The van der Waals surface area contributed by atoms with Gasteiger partial charge in [-0.1, -0.05) is 36.4 Å². The van der Waals surface area contributed by atoms with Crippen molar-refractivity contribution in [1.82, 2.24) is 4.57 Å². The van der Waals surface area contributed by atoms with Gasteiger partial charge in [0, 0.05) is 17.1 Å². The van der Waals surface area contributed by atoms with Gasteiger partial charge in [0.05, 0.1) is 11.6 Å². The van der Waals surface area contributed by atoms with Gasteiger partial charge in [0.2, 0.25) is 0 Å². The van der Waals surface area contributed by atoms with Crippen molar-refractivity contribution in [3.8, 4) is 11.8 Å².